The number of aromatic nitrogens is 2. The fourth-order valence-electron chi connectivity index (χ4n) is 2.63. The van der Waals surface area contributed by atoms with E-state index in [1.54, 1.807) is 0 Å². The number of hydrogen-bond acceptors (Lipinski definition) is 2. The molecular weight excluding hydrogens is 337 g/mol. The molecule has 0 saturated carbocycles. The van der Waals surface area contributed by atoms with Gasteiger partial charge in [0.05, 0.1) is 15.8 Å². The van der Waals surface area contributed by atoms with Gasteiger partial charge >= 0.3 is 0 Å². The summed E-state index contributed by atoms with van der Waals surface area (Å²) >= 11 is 2.21. The van der Waals surface area contributed by atoms with Crippen LogP contribution in [0.2, 0.25) is 0 Å². The molecule has 4 heteroatoms. The van der Waals surface area contributed by atoms with Crippen molar-refractivity contribution in [3.63, 3.8) is 0 Å². The summed E-state index contributed by atoms with van der Waals surface area (Å²) in [5.41, 5.74) is 11.3. The Kier molecular flexibility index (Phi) is 3.66. The average Bonchev–Trinajstić information content (AvgIpc) is 2.58. The van der Waals surface area contributed by atoms with Crippen LogP contribution in [0.15, 0.2) is 18.3 Å². The molecule has 0 aliphatic carbocycles. The minimum absolute atomic E-state index is 0.161. The van der Waals surface area contributed by atoms with Crippen LogP contribution in [0.1, 0.15) is 35.2 Å². The summed E-state index contributed by atoms with van der Waals surface area (Å²) in [6.07, 6.45) is 1.81. The molecule has 2 aromatic rings. The number of hydrogen-bond donors (Lipinski definition) is 1. The lowest BCUT2D eigenvalue weighted by molar-refractivity contribution is 0.567. The standard InChI is InChI=1S/C14H18IN3/c1-8-5-9(2)13(10(3)6-8)11(4)18-14(16)12(15)7-17-18/h5-7,11H,16H2,1-4H3. The smallest absolute Gasteiger partial charge is 0.135 e. The lowest BCUT2D eigenvalue weighted by atomic mass is 9.95. The fraction of sp³-hybridized carbons (Fsp3) is 0.357. The van der Waals surface area contributed by atoms with Crippen LogP contribution < -0.4 is 5.73 Å². The molecule has 1 unspecified atom stereocenters. The van der Waals surface area contributed by atoms with Crippen LogP contribution >= 0.6 is 22.6 Å². The van der Waals surface area contributed by atoms with E-state index in [1.807, 2.05) is 10.9 Å². The highest BCUT2D eigenvalue weighted by molar-refractivity contribution is 14.1. The van der Waals surface area contributed by atoms with Crippen LogP contribution in [0.5, 0.6) is 0 Å². The molecular formula is C14H18IN3. The van der Waals surface area contributed by atoms with Crippen LogP contribution in [-0.4, -0.2) is 9.78 Å². The number of aryl methyl sites for hydroxylation is 3. The highest BCUT2D eigenvalue weighted by Gasteiger charge is 2.17. The largest absolute Gasteiger partial charge is 0.383 e. The molecule has 0 aliphatic rings. The van der Waals surface area contributed by atoms with Crippen molar-refractivity contribution >= 4 is 28.4 Å². The molecule has 2 rings (SSSR count). The first-order valence-corrected chi connectivity index (χ1v) is 7.06. The Morgan fingerprint density at radius 3 is 2.22 bits per heavy atom. The van der Waals surface area contributed by atoms with E-state index in [1.165, 1.54) is 22.3 Å². The maximum Gasteiger partial charge on any atom is 0.135 e. The second-order valence-electron chi connectivity index (χ2n) is 4.81. The van der Waals surface area contributed by atoms with E-state index in [2.05, 4.69) is 67.5 Å². The van der Waals surface area contributed by atoms with Gasteiger partial charge in [0.15, 0.2) is 0 Å². The SMILES string of the molecule is Cc1cc(C)c(C(C)n2ncc(I)c2N)c(C)c1. The summed E-state index contributed by atoms with van der Waals surface area (Å²) in [6.45, 7) is 8.57. The Hall–Kier alpha value is -1.04. The van der Waals surface area contributed by atoms with Gasteiger partial charge in [0.1, 0.15) is 5.82 Å². The van der Waals surface area contributed by atoms with E-state index < -0.39 is 0 Å². The lowest BCUT2D eigenvalue weighted by Crippen LogP contribution is -2.14. The van der Waals surface area contributed by atoms with Crippen molar-refractivity contribution in [3.8, 4) is 0 Å². The molecule has 2 N–H and O–H groups in total. The van der Waals surface area contributed by atoms with Crippen LogP contribution in [0.3, 0.4) is 0 Å². The monoisotopic (exact) mass is 355 g/mol. The van der Waals surface area contributed by atoms with Crippen LogP contribution in [-0.2, 0) is 0 Å². The Labute approximate surface area is 122 Å². The van der Waals surface area contributed by atoms with Crippen molar-refractivity contribution in [2.24, 2.45) is 0 Å². The second kappa shape index (κ2) is 4.91. The third kappa shape index (κ3) is 2.25. The fourth-order valence-corrected chi connectivity index (χ4v) is 3.00. The average molecular weight is 355 g/mol. The molecule has 0 amide bonds. The zero-order valence-electron chi connectivity index (χ0n) is 11.2. The molecule has 1 heterocycles. The Balaban J connectivity index is 2.53. The number of rotatable bonds is 2. The van der Waals surface area contributed by atoms with Gasteiger partial charge in [-0.2, -0.15) is 5.10 Å². The quantitative estimate of drug-likeness (QED) is 0.837. The number of halogens is 1. The van der Waals surface area contributed by atoms with Crippen LogP contribution in [0.25, 0.3) is 0 Å². The van der Waals surface area contributed by atoms with E-state index in [-0.39, 0.29) is 6.04 Å². The van der Waals surface area contributed by atoms with E-state index in [0.717, 1.165) is 9.39 Å². The Morgan fingerprint density at radius 2 is 1.78 bits per heavy atom. The molecule has 0 radical (unpaired) electrons. The highest BCUT2D eigenvalue weighted by Crippen LogP contribution is 2.28. The van der Waals surface area contributed by atoms with Crippen molar-refractivity contribution in [2.45, 2.75) is 33.7 Å². The van der Waals surface area contributed by atoms with E-state index >= 15 is 0 Å². The molecule has 0 spiro atoms. The van der Waals surface area contributed by atoms with Crippen molar-refractivity contribution < 1.29 is 0 Å². The predicted molar refractivity (Wildman–Crippen MR) is 83.8 cm³/mol. The maximum atomic E-state index is 6.06. The van der Waals surface area contributed by atoms with Gasteiger partial charge in [-0.25, -0.2) is 4.68 Å². The molecule has 1 atom stereocenters. The molecule has 0 saturated heterocycles. The minimum Gasteiger partial charge on any atom is -0.383 e. The minimum atomic E-state index is 0.161. The van der Waals surface area contributed by atoms with E-state index in [0.29, 0.717) is 0 Å². The number of nitrogen functional groups attached to an aromatic ring is 1. The summed E-state index contributed by atoms with van der Waals surface area (Å²) < 4.78 is 2.90. The number of nitrogens with two attached hydrogens (primary N) is 1. The first-order chi connectivity index (χ1) is 8.41. The van der Waals surface area contributed by atoms with E-state index in [9.17, 15) is 0 Å². The summed E-state index contributed by atoms with van der Waals surface area (Å²) in [6, 6.07) is 4.58. The first kappa shape index (κ1) is 13.4. The van der Waals surface area contributed by atoms with Gasteiger partial charge in [-0.3, -0.25) is 0 Å². The summed E-state index contributed by atoms with van der Waals surface area (Å²) in [5.74, 6) is 0.738. The number of nitrogens with zero attached hydrogens (tertiary/aromatic N) is 2. The first-order valence-electron chi connectivity index (χ1n) is 5.98. The van der Waals surface area contributed by atoms with Crippen LogP contribution in [0.4, 0.5) is 5.82 Å². The van der Waals surface area contributed by atoms with Crippen LogP contribution in [0, 0.1) is 24.3 Å². The van der Waals surface area contributed by atoms with E-state index in [4.69, 9.17) is 5.73 Å². The third-order valence-corrected chi connectivity index (χ3v) is 4.14. The Morgan fingerprint density at radius 1 is 1.22 bits per heavy atom. The van der Waals surface area contributed by atoms with Gasteiger partial charge in [-0.05, 0) is 67.0 Å². The Bertz CT molecular complexity index is 564. The molecule has 96 valence electrons. The maximum absolute atomic E-state index is 6.06. The molecule has 0 bridgehead atoms. The summed E-state index contributed by atoms with van der Waals surface area (Å²) in [4.78, 5) is 0. The third-order valence-electron chi connectivity index (χ3n) is 3.31. The van der Waals surface area contributed by atoms with Crippen molar-refractivity contribution in [1.82, 2.24) is 9.78 Å². The number of anilines is 1. The van der Waals surface area contributed by atoms with Gasteiger partial charge in [0.2, 0.25) is 0 Å². The lowest BCUT2D eigenvalue weighted by Gasteiger charge is -2.20. The normalized spacial score (nSPS) is 12.7. The summed E-state index contributed by atoms with van der Waals surface area (Å²) in [5, 5.41) is 4.38. The van der Waals surface area contributed by atoms with Gasteiger partial charge in [-0.1, -0.05) is 17.7 Å². The van der Waals surface area contributed by atoms with Gasteiger partial charge in [-0.15, -0.1) is 0 Å². The summed E-state index contributed by atoms with van der Waals surface area (Å²) in [7, 11) is 0. The van der Waals surface area contributed by atoms with Crippen molar-refractivity contribution in [2.75, 3.05) is 5.73 Å². The predicted octanol–water partition coefficient (Wildman–Crippen LogP) is 3.60. The molecule has 3 nitrogen and oxygen atoms in total. The zero-order valence-corrected chi connectivity index (χ0v) is 13.3. The highest BCUT2D eigenvalue weighted by atomic mass is 127. The molecule has 0 fully saturated rings. The molecule has 1 aromatic carbocycles. The topological polar surface area (TPSA) is 43.8 Å². The van der Waals surface area contributed by atoms with Gasteiger partial charge in [0.25, 0.3) is 0 Å². The second-order valence-corrected chi connectivity index (χ2v) is 5.97. The zero-order chi connectivity index (χ0) is 13.4. The van der Waals surface area contributed by atoms with Crippen molar-refractivity contribution in [3.05, 3.63) is 44.2 Å². The molecule has 0 aliphatic heterocycles. The van der Waals surface area contributed by atoms with Gasteiger partial charge in [0, 0.05) is 0 Å². The molecule has 1 aromatic heterocycles. The van der Waals surface area contributed by atoms with Gasteiger partial charge < -0.3 is 5.73 Å². The van der Waals surface area contributed by atoms with Crippen molar-refractivity contribution in [1.29, 1.82) is 0 Å². The molecule has 18 heavy (non-hydrogen) atoms. The number of benzene rings is 1.